The van der Waals surface area contributed by atoms with Crippen molar-refractivity contribution in [3.05, 3.63) is 60.2 Å². The van der Waals surface area contributed by atoms with E-state index in [2.05, 4.69) is 0 Å². The van der Waals surface area contributed by atoms with Gasteiger partial charge in [-0.25, -0.2) is 0 Å². The summed E-state index contributed by atoms with van der Waals surface area (Å²) in [6, 6.07) is 16.5. The third-order valence-electron chi connectivity index (χ3n) is 3.73. The summed E-state index contributed by atoms with van der Waals surface area (Å²) >= 11 is 0. The Balaban J connectivity index is 2.36. The molecule has 3 heteroatoms. The molecule has 2 rings (SSSR count). The van der Waals surface area contributed by atoms with Crippen molar-refractivity contribution >= 4 is 11.6 Å². The van der Waals surface area contributed by atoms with Crippen LogP contribution in [0.3, 0.4) is 0 Å². The van der Waals surface area contributed by atoms with Crippen LogP contribution in [0, 0.1) is 0 Å². The van der Waals surface area contributed by atoms with Crippen molar-refractivity contribution in [1.29, 1.82) is 0 Å². The van der Waals surface area contributed by atoms with Crippen molar-refractivity contribution in [2.75, 3.05) is 11.4 Å². The molecule has 0 fully saturated rings. The fourth-order valence-corrected chi connectivity index (χ4v) is 2.42. The van der Waals surface area contributed by atoms with Gasteiger partial charge in [-0.1, -0.05) is 36.4 Å². The standard InChI is InChI=1S/C18H21NO2/c1-4-19(15-11-8-12-16(20)13-15)17(21)18(2,3)14-9-6-5-7-10-14/h5-13,20H,4H2,1-3H3. The topological polar surface area (TPSA) is 40.5 Å². The largest absolute Gasteiger partial charge is 0.508 e. The van der Waals surface area contributed by atoms with Crippen LogP contribution in [0.2, 0.25) is 0 Å². The van der Waals surface area contributed by atoms with E-state index in [1.165, 1.54) is 0 Å². The zero-order valence-corrected chi connectivity index (χ0v) is 12.7. The molecule has 1 amide bonds. The van der Waals surface area contributed by atoms with Gasteiger partial charge in [0.2, 0.25) is 5.91 Å². The number of likely N-dealkylation sites (N-methyl/N-ethyl adjacent to an activating group) is 1. The molecular formula is C18H21NO2. The third kappa shape index (κ3) is 3.07. The second kappa shape index (κ2) is 6.00. The zero-order chi connectivity index (χ0) is 15.5. The van der Waals surface area contributed by atoms with Gasteiger partial charge in [-0.15, -0.1) is 0 Å². The summed E-state index contributed by atoms with van der Waals surface area (Å²) in [5.41, 5.74) is 1.07. The van der Waals surface area contributed by atoms with E-state index in [-0.39, 0.29) is 11.7 Å². The van der Waals surface area contributed by atoms with Crippen LogP contribution in [-0.4, -0.2) is 17.6 Å². The van der Waals surface area contributed by atoms with Crippen molar-refractivity contribution in [3.8, 4) is 5.75 Å². The molecule has 0 saturated heterocycles. The minimum atomic E-state index is -0.622. The summed E-state index contributed by atoms with van der Waals surface area (Å²) in [6.45, 7) is 6.34. The van der Waals surface area contributed by atoms with Crippen LogP contribution >= 0.6 is 0 Å². The Morgan fingerprint density at radius 2 is 1.76 bits per heavy atom. The van der Waals surface area contributed by atoms with Gasteiger partial charge in [-0.2, -0.15) is 0 Å². The Bertz CT molecular complexity index is 620. The number of phenolic OH excluding ortho intramolecular Hbond substituents is 1. The van der Waals surface area contributed by atoms with Gasteiger partial charge >= 0.3 is 0 Å². The summed E-state index contributed by atoms with van der Waals surface area (Å²) in [7, 11) is 0. The number of anilines is 1. The van der Waals surface area contributed by atoms with Gasteiger partial charge < -0.3 is 10.0 Å². The third-order valence-corrected chi connectivity index (χ3v) is 3.73. The van der Waals surface area contributed by atoms with Crippen LogP contribution in [-0.2, 0) is 10.2 Å². The maximum atomic E-state index is 13.0. The highest BCUT2D eigenvalue weighted by molar-refractivity contribution is 6.00. The maximum absolute atomic E-state index is 13.0. The first-order valence-electron chi connectivity index (χ1n) is 7.13. The highest BCUT2D eigenvalue weighted by Gasteiger charge is 2.33. The number of phenols is 1. The number of carbonyl (C=O) groups is 1. The monoisotopic (exact) mass is 283 g/mol. The predicted octanol–water partition coefficient (Wildman–Crippen LogP) is 3.72. The molecule has 0 bridgehead atoms. The first kappa shape index (κ1) is 15.1. The van der Waals surface area contributed by atoms with Crippen LogP contribution in [0.4, 0.5) is 5.69 Å². The normalized spacial score (nSPS) is 11.2. The van der Waals surface area contributed by atoms with Crippen molar-refractivity contribution in [3.63, 3.8) is 0 Å². The highest BCUT2D eigenvalue weighted by Crippen LogP contribution is 2.29. The molecule has 0 heterocycles. The molecule has 2 aromatic carbocycles. The average molecular weight is 283 g/mol. The van der Waals surface area contributed by atoms with E-state index < -0.39 is 5.41 Å². The lowest BCUT2D eigenvalue weighted by Gasteiger charge is -2.31. The number of benzene rings is 2. The average Bonchev–Trinajstić information content (AvgIpc) is 2.49. The second-order valence-electron chi connectivity index (χ2n) is 5.56. The summed E-state index contributed by atoms with van der Waals surface area (Å²) < 4.78 is 0. The van der Waals surface area contributed by atoms with Crippen molar-refractivity contribution < 1.29 is 9.90 Å². The first-order valence-corrected chi connectivity index (χ1v) is 7.13. The van der Waals surface area contributed by atoms with Crippen LogP contribution in [0.15, 0.2) is 54.6 Å². The van der Waals surface area contributed by atoms with E-state index >= 15 is 0 Å². The number of nitrogens with zero attached hydrogens (tertiary/aromatic N) is 1. The summed E-state index contributed by atoms with van der Waals surface area (Å²) in [4.78, 5) is 14.7. The molecule has 0 aliphatic heterocycles. The summed E-state index contributed by atoms with van der Waals surface area (Å²) in [5.74, 6) is 0.179. The molecule has 0 unspecified atom stereocenters. The molecule has 0 saturated carbocycles. The Morgan fingerprint density at radius 3 is 2.33 bits per heavy atom. The number of aromatic hydroxyl groups is 1. The van der Waals surface area contributed by atoms with Crippen LogP contribution in [0.5, 0.6) is 5.75 Å². The molecule has 3 nitrogen and oxygen atoms in total. The van der Waals surface area contributed by atoms with Crippen molar-refractivity contribution in [1.82, 2.24) is 0 Å². The van der Waals surface area contributed by atoms with E-state index in [0.717, 1.165) is 5.56 Å². The van der Waals surface area contributed by atoms with Gasteiger partial charge in [-0.05, 0) is 38.5 Å². The van der Waals surface area contributed by atoms with Gasteiger partial charge in [0, 0.05) is 18.3 Å². The Labute approximate surface area is 125 Å². The zero-order valence-electron chi connectivity index (χ0n) is 12.7. The van der Waals surface area contributed by atoms with E-state index in [1.807, 2.05) is 57.2 Å². The van der Waals surface area contributed by atoms with Gasteiger partial charge in [-0.3, -0.25) is 4.79 Å². The van der Waals surface area contributed by atoms with Crippen LogP contribution < -0.4 is 4.90 Å². The van der Waals surface area contributed by atoms with E-state index in [9.17, 15) is 9.90 Å². The Morgan fingerprint density at radius 1 is 1.10 bits per heavy atom. The fraction of sp³-hybridized carbons (Fsp3) is 0.278. The lowest BCUT2D eigenvalue weighted by molar-refractivity contribution is -0.123. The van der Waals surface area contributed by atoms with E-state index in [1.54, 1.807) is 23.1 Å². The van der Waals surface area contributed by atoms with Gasteiger partial charge in [0.25, 0.3) is 0 Å². The molecule has 1 N–H and O–H groups in total. The minimum Gasteiger partial charge on any atom is -0.508 e. The smallest absolute Gasteiger partial charge is 0.237 e. The van der Waals surface area contributed by atoms with Crippen LogP contribution in [0.1, 0.15) is 26.3 Å². The number of rotatable bonds is 4. The summed E-state index contributed by atoms with van der Waals surface area (Å²) in [6.07, 6.45) is 0. The predicted molar refractivity (Wildman–Crippen MR) is 85.6 cm³/mol. The molecule has 0 aliphatic carbocycles. The van der Waals surface area contributed by atoms with Crippen molar-refractivity contribution in [2.24, 2.45) is 0 Å². The second-order valence-corrected chi connectivity index (χ2v) is 5.56. The van der Waals surface area contributed by atoms with Gasteiger partial charge in [0.1, 0.15) is 5.75 Å². The minimum absolute atomic E-state index is 0.0156. The molecule has 0 radical (unpaired) electrons. The van der Waals surface area contributed by atoms with Crippen molar-refractivity contribution in [2.45, 2.75) is 26.2 Å². The van der Waals surface area contributed by atoms with E-state index in [4.69, 9.17) is 0 Å². The highest BCUT2D eigenvalue weighted by atomic mass is 16.3. The van der Waals surface area contributed by atoms with Crippen LogP contribution in [0.25, 0.3) is 0 Å². The van der Waals surface area contributed by atoms with Gasteiger partial charge in [0.05, 0.1) is 5.41 Å². The lowest BCUT2D eigenvalue weighted by atomic mass is 9.83. The molecule has 0 atom stereocenters. The first-order chi connectivity index (χ1) is 9.96. The fourth-order valence-electron chi connectivity index (χ4n) is 2.42. The number of hydrogen-bond acceptors (Lipinski definition) is 2. The van der Waals surface area contributed by atoms with Gasteiger partial charge in [0.15, 0.2) is 0 Å². The molecule has 0 spiro atoms. The Kier molecular flexibility index (Phi) is 4.32. The lowest BCUT2D eigenvalue weighted by Crippen LogP contribution is -2.43. The molecule has 110 valence electrons. The molecule has 0 aliphatic rings. The number of hydrogen-bond donors (Lipinski definition) is 1. The quantitative estimate of drug-likeness (QED) is 0.929. The molecule has 0 aromatic heterocycles. The molecular weight excluding hydrogens is 262 g/mol. The Hall–Kier alpha value is -2.29. The summed E-state index contributed by atoms with van der Waals surface area (Å²) in [5, 5.41) is 9.62. The molecule has 21 heavy (non-hydrogen) atoms. The molecule has 2 aromatic rings. The number of amides is 1. The SMILES string of the molecule is CCN(C(=O)C(C)(C)c1ccccc1)c1cccc(O)c1. The maximum Gasteiger partial charge on any atom is 0.237 e. The number of carbonyl (C=O) groups excluding carboxylic acids is 1. The van der Waals surface area contributed by atoms with E-state index in [0.29, 0.717) is 12.2 Å².